The summed E-state index contributed by atoms with van der Waals surface area (Å²) in [5, 5.41) is 2.02. The zero-order chi connectivity index (χ0) is 9.68. The Bertz CT molecular complexity index is 254. The molecule has 0 saturated carbocycles. The van der Waals surface area contributed by atoms with Crippen LogP contribution >= 0.6 is 11.3 Å². The van der Waals surface area contributed by atoms with Crippen molar-refractivity contribution in [2.24, 2.45) is 0 Å². The van der Waals surface area contributed by atoms with Gasteiger partial charge < -0.3 is 4.74 Å². The van der Waals surface area contributed by atoms with Crippen molar-refractivity contribution in [1.29, 1.82) is 0 Å². The fourth-order valence-electron chi connectivity index (χ4n) is 1.14. The van der Waals surface area contributed by atoms with Crippen molar-refractivity contribution in [2.45, 2.75) is 26.2 Å². The van der Waals surface area contributed by atoms with Gasteiger partial charge in [0.05, 0.1) is 13.0 Å². The summed E-state index contributed by atoms with van der Waals surface area (Å²) in [6, 6.07) is 4.05. The molecule has 3 heteroatoms. The van der Waals surface area contributed by atoms with Gasteiger partial charge in [0, 0.05) is 10.8 Å². The molecule has 0 aliphatic rings. The number of ether oxygens (including phenoxy) is 1. The standard InChI is InChI=1S/C10H14O2S/c1-3-12-10(11)7-8(2)9-5-4-6-13-9/h4-6,8H,3,7H2,1-2H3/t8-/m0/s1. The minimum absolute atomic E-state index is 0.108. The highest BCUT2D eigenvalue weighted by atomic mass is 32.1. The summed E-state index contributed by atoms with van der Waals surface area (Å²) >= 11 is 1.68. The molecule has 0 amide bonds. The second kappa shape index (κ2) is 5.02. The van der Waals surface area contributed by atoms with E-state index in [0.717, 1.165) is 0 Å². The Labute approximate surface area is 82.5 Å². The maximum absolute atomic E-state index is 11.1. The minimum Gasteiger partial charge on any atom is -0.466 e. The fraction of sp³-hybridized carbons (Fsp3) is 0.500. The maximum atomic E-state index is 11.1. The summed E-state index contributed by atoms with van der Waals surface area (Å²) in [5.74, 6) is 0.169. The summed E-state index contributed by atoms with van der Waals surface area (Å²) in [5.41, 5.74) is 0. The van der Waals surface area contributed by atoms with E-state index in [0.29, 0.717) is 13.0 Å². The van der Waals surface area contributed by atoms with Crippen molar-refractivity contribution in [3.8, 4) is 0 Å². The molecule has 0 aliphatic heterocycles. The summed E-state index contributed by atoms with van der Waals surface area (Å²) in [6.07, 6.45) is 0.481. The van der Waals surface area contributed by atoms with Gasteiger partial charge in [0.25, 0.3) is 0 Å². The van der Waals surface area contributed by atoms with E-state index < -0.39 is 0 Å². The molecule has 0 bridgehead atoms. The average molecular weight is 198 g/mol. The van der Waals surface area contributed by atoms with E-state index in [1.165, 1.54) is 4.88 Å². The number of rotatable bonds is 4. The van der Waals surface area contributed by atoms with Crippen LogP contribution in [0.4, 0.5) is 0 Å². The monoisotopic (exact) mass is 198 g/mol. The van der Waals surface area contributed by atoms with Crippen LogP contribution < -0.4 is 0 Å². The molecule has 2 nitrogen and oxygen atoms in total. The highest BCUT2D eigenvalue weighted by molar-refractivity contribution is 7.10. The predicted molar refractivity (Wildman–Crippen MR) is 54.0 cm³/mol. The van der Waals surface area contributed by atoms with Crippen LogP contribution in [0.25, 0.3) is 0 Å². The van der Waals surface area contributed by atoms with Crippen molar-refractivity contribution in [3.63, 3.8) is 0 Å². The van der Waals surface area contributed by atoms with Gasteiger partial charge in [0.1, 0.15) is 0 Å². The third-order valence-electron chi connectivity index (χ3n) is 1.81. The Morgan fingerprint density at radius 3 is 3.00 bits per heavy atom. The molecule has 0 fully saturated rings. The van der Waals surface area contributed by atoms with Crippen molar-refractivity contribution in [3.05, 3.63) is 22.4 Å². The van der Waals surface area contributed by atoms with Crippen molar-refractivity contribution in [2.75, 3.05) is 6.61 Å². The number of carbonyl (C=O) groups excluding carboxylic acids is 1. The third kappa shape index (κ3) is 3.19. The van der Waals surface area contributed by atoms with Crippen LogP contribution in [0.3, 0.4) is 0 Å². The molecule has 0 N–H and O–H groups in total. The molecule has 0 aromatic carbocycles. The van der Waals surface area contributed by atoms with Gasteiger partial charge in [-0.05, 0) is 18.4 Å². The Morgan fingerprint density at radius 2 is 2.46 bits per heavy atom. The molecule has 13 heavy (non-hydrogen) atoms. The van der Waals surface area contributed by atoms with E-state index in [1.54, 1.807) is 11.3 Å². The Balaban J connectivity index is 2.42. The Hall–Kier alpha value is -0.830. The number of carbonyl (C=O) groups is 1. The number of esters is 1. The third-order valence-corrected chi connectivity index (χ3v) is 2.91. The van der Waals surface area contributed by atoms with Crippen LogP contribution in [-0.4, -0.2) is 12.6 Å². The quantitative estimate of drug-likeness (QED) is 0.695. The molecular formula is C10H14O2S. The van der Waals surface area contributed by atoms with E-state index in [-0.39, 0.29) is 11.9 Å². The van der Waals surface area contributed by atoms with E-state index in [1.807, 2.05) is 25.3 Å². The van der Waals surface area contributed by atoms with Crippen LogP contribution in [-0.2, 0) is 9.53 Å². The van der Waals surface area contributed by atoms with E-state index in [2.05, 4.69) is 6.07 Å². The molecule has 0 aliphatic carbocycles. The number of thiophene rings is 1. The van der Waals surface area contributed by atoms with Crippen molar-refractivity contribution >= 4 is 17.3 Å². The molecule has 0 saturated heterocycles. The van der Waals surface area contributed by atoms with Crippen LogP contribution in [0.2, 0.25) is 0 Å². The largest absolute Gasteiger partial charge is 0.466 e. The first-order valence-electron chi connectivity index (χ1n) is 4.43. The summed E-state index contributed by atoms with van der Waals surface area (Å²) < 4.78 is 4.88. The van der Waals surface area contributed by atoms with Crippen LogP contribution in [0.1, 0.15) is 31.1 Å². The molecule has 0 radical (unpaired) electrons. The second-order valence-corrected chi connectivity index (χ2v) is 3.90. The average Bonchev–Trinajstić information content (AvgIpc) is 2.55. The molecule has 72 valence electrons. The second-order valence-electron chi connectivity index (χ2n) is 2.93. The lowest BCUT2D eigenvalue weighted by Crippen LogP contribution is -2.07. The first-order valence-corrected chi connectivity index (χ1v) is 5.31. The van der Waals surface area contributed by atoms with Crippen LogP contribution in [0.5, 0.6) is 0 Å². The molecule has 0 spiro atoms. The zero-order valence-electron chi connectivity index (χ0n) is 7.95. The molecule has 1 atom stereocenters. The van der Waals surface area contributed by atoms with Crippen molar-refractivity contribution in [1.82, 2.24) is 0 Å². The summed E-state index contributed by atoms with van der Waals surface area (Å²) in [7, 11) is 0. The van der Waals surface area contributed by atoms with Crippen LogP contribution in [0, 0.1) is 0 Å². The van der Waals surface area contributed by atoms with E-state index >= 15 is 0 Å². The van der Waals surface area contributed by atoms with Gasteiger partial charge in [0.15, 0.2) is 0 Å². The zero-order valence-corrected chi connectivity index (χ0v) is 8.76. The first kappa shape index (κ1) is 10.3. The minimum atomic E-state index is -0.108. The lowest BCUT2D eigenvalue weighted by molar-refractivity contribution is -0.143. The lowest BCUT2D eigenvalue weighted by atomic mass is 10.1. The maximum Gasteiger partial charge on any atom is 0.306 e. The summed E-state index contributed by atoms with van der Waals surface area (Å²) in [4.78, 5) is 12.4. The van der Waals surface area contributed by atoms with Crippen LogP contribution in [0.15, 0.2) is 17.5 Å². The van der Waals surface area contributed by atoms with Gasteiger partial charge in [-0.3, -0.25) is 4.79 Å². The Morgan fingerprint density at radius 1 is 1.69 bits per heavy atom. The predicted octanol–water partition coefficient (Wildman–Crippen LogP) is 2.80. The normalized spacial score (nSPS) is 12.5. The highest BCUT2D eigenvalue weighted by Gasteiger charge is 2.12. The van der Waals surface area contributed by atoms with E-state index in [9.17, 15) is 4.79 Å². The van der Waals surface area contributed by atoms with Gasteiger partial charge >= 0.3 is 5.97 Å². The molecule has 0 unspecified atom stereocenters. The molecular weight excluding hydrogens is 184 g/mol. The highest BCUT2D eigenvalue weighted by Crippen LogP contribution is 2.23. The summed E-state index contributed by atoms with van der Waals surface area (Å²) in [6.45, 7) is 4.34. The first-order chi connectivity index (χ1) is 6.24. The lowest BCUT2D eigenvalue weighted by Gasteiger charge is -2.07. The van der Waals surface area contributed by atoms with Gasteiger partial charge in [-0.1, -0.05) is 13.0 Å². The molecule has 1 aromatic heterocycles. The van der Waals surface area contributed by atoms with E-state index in [4.69, 9.17) is 4.74 Å². The topological polar surface area (TPSA) is 26.3 Å². The SMILES string of the molecule is CCOC(=O)C[C@H](C)c1cccs1. The molecule has 1 rings (SSSR count). The Kier molecular flexibility index (Phi) is 3.96. The van der Waals surface area contributed by atoms with Gasteiger partial charge in [-0.15, -0.1) is 11.3 Å². The number of hydrogen-bond donors (Lipinski definition) is 0. The van der Waals surface area contributed by atoms with Gasteiger partial charge in [0.2, 0.25) is 0 Å². The van der Waals surface area contributed by atoms with Gasteiger partial charge in [-0.25, -0.2) is 0 Å². The number of hydrogen-bond acceptors (Lipinski definition) is 3. The van der Waals surface area contributed by atoms with Gasteiger partial charge in [-0.2, -0.15) is 0 Å². The smallest absolute Gasteiger partial charge is 0.306 e. The molecule has 1 aromatic rings. The fourth-order valence-corrected chi connectivity index (χ4v) is 1.93. The molecule has 1 heterocycles. The van der Waals surface area contributed by atoms with Crippen molar-refractivity contribution < 1.29 is 9.53 Å².